The van der Waals surface area contributed by atoms with Gasteiger partial charge in [0.25, 0.3) is 0 Å². The zero-order chi connectivity index (χ0) is 12.0. The van der Waals surface area contributed by atoms with Gasteiger partial charge < -0.3 is 4.42 Å². The number of rotatable bonds is 7. The van der Waals surface area contributed by atoms with Gasteiger partial charge in [-0.1, -0.05) is 0 Å². The number of aryl methyl sites for hydroxylation is 1. The number of halogens is 1. The zero-order valence-electron chi connectivity index (χ0n) is 9.20. The summed E-state index contributed by atoms with van der Waals surface area (Å²) in [5.41, 5.74) is 0. The third-order valence-corrected chi connectivity index (χ3v) is 3.74. The van der Waals surface area contributed by atoms with Crippen molar-refractivity contribution in [2.45, 2.75) is 26.3 Å². The highest BCUT2D eigenvalue weighted by atomic mass is 35.5. The Labute approximate surface area is 101 Å². The summed E-state index contributed by atoms with van der Waals surface area (Å²) in [5.74, 6) is 2.00. The molecule has 1 aromatic heterocycles. The summed E-state index contributed by atoms with van der Waals surface area (Å²) in [6.45, 7) is 2.02. The minimum Gasteiger partial charge on any atom is -0.465 e. The largest absolute Gasteiger partial charge is 0.465 e. The highest BCUT2D eigenvalue weighted by molar-refractivity contribution is 7.89. The molecule has 0 aliphatic heterocycles. The van der Waals surface area contributed by atoms with Crippen molar-refractivity contribution in [3.63, 3.8) is 0 Å². The monoisotopic (exact) mass is 265 g/mol. The van der Waals surface area contributed by atoms with Gasteiger partial charge in [0.15, 0.2) is 0 Å². The van der Waals surface area contributed by atoms with Gasteiger partial charge in [0, 0.05) is 5.88 Å². The zero-order valence-corrected chi connectivity index (χ0v) is 10.8. The molecular weight excluding hydrogens is 250 g/mol. The lowest BCUT2D eigenvalue weighted by Crippen LogP contribution is -2.25. The van der Waals surface area contributed by atoms with Crippen LogP contribution in [0.2, 0.25) is 0 Å². The van der Waals surface area contributed by atoms with Gasteiger partial charge in [-0.05, 0) is 31.9 Å². The Hall–Kier alpha value is -0.520. The van der Waals surface area contributed by atoms with Crippen LogP contribution in [-0.2, 0) is 16.6 Å². The Morgan fingerprint density at radius 3 is 2.69 bits per heavy atom. The quantitative estimate of drug-likeness (QED) is 0.606. The first kappa shape index (κ1) is 13.5. The predicted octanol–water partition coefficient (Wildman–Crippen LogP) is 2.03. The highest BCUT2D eigenvalue weighted by Crippen LogP contribution is 2.06. The molecule has 0 atom stereocenters. The minimum absolute atomic E-state index is 0.111. The van der Waals surface area contributed by atoms with E-state index in [4.69, 9.17) is 16.0 Å². The van der Waals surface area contributed by atoms with Crippen LogP contribution in [0.25, 0.3) is 0 Å². The summed E-state index contributed by atoms with van der Waals surface area (Å²) in [6.07, 6.45) is 1.29. The summed E-state index contributed by atoms with van der Waals surface area (Å²) in [6, 6.07) is 3.56. The van der Waals surface area contributed by atoms with Gasteiger partial charge in [0.1, 0.15) is 11.5 Å². The summed E-state index contributed by atoms with van der Waals surface area (Å²) in [5, 5.41) is 0. The smallest absolute Gasteiger partial charge is 0.212 e. The average Bonchev–Trinajstić information content (AvgIpc) is 2.62. The number of hydrogen-bond acceptors (Lipinski definition) is 3. The molecule has 1 rings (SSSR count). The van der Waals surface area contributed by atoms with E-state index in [0.29, 0.717) is 24.5 Å². The van der Waals surface area contributed by atoms with Gasteiger partial charge in [-0.15, -0.1) is 11.6 Å². The molecule has 0 radical (unpaired) electrons. The van der Waals surface area contributed by atoms with Crippen LogP contribution in [0.4, 0.5) is 0 Å². The first-order valence-corrected chi connectivity index (χ1v) is 7.31. The molecule has 1 heterocycles. The van der Waals surface area contributed by atoms with Crippen molar-refractivity contribution < 1.29 is 12.8 Å². The van der Waals surface area contributed by atoms with Crippen molar-refractivity contribution in [1.82, 2.24) is 4.72 Å². The molecule has 0 saturated carbocycles. The number of unbranched alkanes of at least 4 members (excludes halogenated alkanes) is 1. The SMILES string of the molecule is Cc1ccc(CNS(=O)(=O)CCCCCl)o1. The van der Waals surface area contributed by atoms with Crippen LogP contribution in [0.5, 0.6) is 0 Å². The molecule has 6 heteroatoms. The van der Waals surface area contributed by atoms with E-state index in [-0.39, 0.29) is 12.3 Å². The molecule has 0 aliphatic rings. The third kappa shape index (κ3) is 5.01. The normalized spacial score (nSPS) is 11.9. The first-order valence-electron chi connectivity index (χ1n) is 5.12. The molecule has 0 spiro atoms. The molecule has 1 aromatic rings. The molecular formula is C10H16ClNO3S. The Bertz CT molecular complexity index is 413. The van der Waals surface area contributed by atoms with E-state index in [1.54, 1.807) is 12.1 Å². The van der Waals surface area contributed by atoms with Crippen LogP contribution in [0, 0.1) is 6.92 Å². The predicted molar refractivity (Wildman–Crippen MR) is 64.0 cm³/mol. The van der Waals surface area contributed by atoms with Gasteiger partial charge in [-0.2, -0.15) is 0 Å². The van der Waals surface area contributed by atoms with E-state index >= 15 is 0 Å². The van der Waals surface area contributed by atoms with Crippen LogP contribution in [0.1, 0.15) is 24.4 Å². The second kappa shape index (κ2) is 6.27. The van der Waals surface area contributed by atoms with Crippen molar-refractivity contribution in [3.8, 4) is 0 Å². The lowest BCUT2D eigenvalue weighted by atomic mass is 10.4. The summed E-state index contributed by atoms with van der Waals surface area (Å²) in [4.78, 5) is 0. The van der Waals surface area contributed by atoms with Crippen molar-refractivity contribution in [2.24, 2.45) is 0 Å². The fraction of sp³-hybridized carbons (Fsp3) is 0.600. The van der Waals surface area contributed by atoms with Crippen LogP contribution < -0.4 is 4.72 Å². The maximum absolute atomic E-state index is 11.5. The Morgan fingerprint density at radius 2 is 2.12 bits per heavy atom. The van der Waals surface area contributed by atoms with E-state index in [1.807, 2.05) is 6.92 Å². The maximum atomic E-state index is 11.5. The number of hydrogen-bond donors (Lipinski definition) is 1. The molecule has 0 aromatic carbocycles. The van der Waals surface area contributed by atoms with Crippen LogP contribution in [0.15, 0.2) is 16.5 Å². The fourth-order valence-corrected chi connectivity index (χ4v) is 2.50. The van der Waals surface area contributed by atoms with Gasteiger partial charge in [-0.25, -0.2) is 13.1 Å². The van der Waals surface area contributed by atoms with Gasteiger partial charge in [0.2, 0.25) is 10.0 Å². The van der Waals surface area contributed by atoms with Crippen molar-refractivity contribution in [2.75, 3.05) is 11.6 Å². The molecule has 4 nitrogen and oxygen atoms in total. The minimum atomic E-state index is -3.21. The molecule has 1 N–H and O–H groups in total. The third-order valence-electron chi connectivity index (χ3n) is 2.06. The molecule has 0 unspecified atom stereocenters. The Balaban J connectivity index is 2.36. The van der Waals surface area contributed by atoms with E-state index in [9.17, 15) is 8.42 Å². The molecule has 16 heavy (non-hydrogen) atoms. The maximum Gasteiger partial charge on any atom is 0.212 e. The average molecular weight is 266 g/mol. The summed E-state index contributed by atoms with van der Waals surface area (Å²) in [7, 11) is -3.21. The van der Waals surface area contributed by atoms with Crippen molar-refractivity contribution in [1.29, 1.82) is 0 Å². The second-order valence-electron chi connectivity index (χ2n) is 3.55. The molecule has 0 amide bonds. The van der Waals surface area contributed by atoms with Crippen LogP contribution in [0.3, 0.4) is 0 Å². The van der Waals surface area contributed by atoms with Gasteiger partial charge in [0.05, 0.1) is 12.3 Å². The van der Waals surface area contributed by atoms with Crippen LogP contribution in [-0.4, -0.2) is 20.1 Å². The fourth-order valence-electron chi connectivity index (χ4n) is 1.22. The molecule has 0 fully saturated rings. The standard InChI is InChI=1S/C10H16ClNO3S/c1-9-4-5-10(15-9)8-12-16(13,14)7-3-2-6-11/h4-5,12H,2-3,6-8H2,1H3. The van der Waals surface area contributed by atoms with E-state index in [0.717, 1.165) is 5.76 Å². The lowest BCUT2D eigenvalue weighted by molar-refractivity contribution is 0.475. The highest BCUT2D eigenvalue weighted by Gasteiger charge is 2.10. The Morgan fingerprint density at radius 1 is 1.38 bits per heavy atom. The lowest BCUT2D eigenvalue weighted by Gasteiger charge is -2.04. The van der Waals surface area contributed by atoms with E-state index < -0.39 is 10.0 Å². The second-order valence-corrected chi connectivity index (χ2v) is 5.85. The Kier molecular flexibility index (Phi) is 5.31. The number of furan rings is 1. The number of sulfonamides is 1. The van der Waals surface area contributed by atoms with E-state index in [1.165, 1.54) is 0 Å². The van der Waals surface area contributed by atoms with E-state index in [2.05, 4.69) is 4.72 Å². The summed E-state index contributed by atoms with van der Waals surface area (Å²) < 4.78 is 30.7. The molecule has 92 valence electrons. The van der Waals surface area contributed by atoms with Crippen molar-refractivity contribution in [3.05, 3.63) is 23.7 Å². The summed E-state index contributed by atoms with van der Waals surface area (Å²) >= 11 is 5.48. The van der Waals surface area contributed by atoms with Gasteiger partial charge in [-0.3, -0.25) is 0 Å². The number of alkyl halides is 1. The van der Waals surface area contributed by atoms with Crippen LogP contribution >= 0.6 is 11.6 Å². The van der Waals surface area contributed by atoms with Gasteiger partial charge >= 0.3 is 0 Å². The first-order chi connectivity index (χ1) is 7.53. The topological polar surface area (TPSA) is 59.3 Å². The molecule has 0 saturated heterocycles. The molecule has 0 bridgehead atoms. The number of nitrogens with one attached hydrogen (secondary N) is 1. The molecule has 0 aliphatic carbocycles. The van der Waals surface area contributed by atoms with Crippen molar-refractivity contribution >= 4 is 21.6 Å².